The van der Waals surface area contributed by atoms with E-state index in [2.05, 4.69) is 36.5 Å². The second-order valence-corrected chi connectivity index (χ2v) is 15.3. The average Bonchev–Trinajstić information content (AvgIpc) is 3.00. The quantitative estimate of drug-likeness (QED) is 0.225. The van der Waals surface area contributed by atoms with Gasteiger partial charge in [0.1, 0.15) is 18.2 Å². The third-order valence-electron chi connectivity index (χ3n) is 3.95. The Morgan fingerprint density at radius 3 is 2.68 bits per heavy atom. The molecule has 6 nitrogen and oxygen atoms in total. The van der Waals surface area contributed by atoms with Crippen LogP contribution in [-0.4, -0.2) is 42.5 Å². The number of hydrogen-bond acceptors (Lipinski definition) is 5. The van der Waals surface area contributed by atoms with Crippen LogP contribution in [-0.2, 0) is 16.2 Å². The average molecular weight is 428 g/mol. The fourth-order valence-corrected chi connectivity index (χ4v) is 3.46. The third-order valence-corrected chi connectivity index (χ3v) is 6.25. The maximum atomic E-state index is 11.7. The predicted molar refractivity (Wildman–Crippen MR) is 121 cm³/mol. The third kappa shape index (κ3) is 10.3. The fraction of sp³-hybridized carbons (Fsp3) is 0.700. The molecular weight excluding hydrogens is 390 g/mol. The zero-order valence-electron chi connectivity index (χ0n) is 18.2. The lowest BCUT2D eigenvalue weighted by atomic mass is 10.1. The van der Waals surface area contributed by atoms with Gasteiger partial charge in [-0.1, -0.05) is 31.8 Å². The number of nitrogens with zero attached hydrogens (tertiary/aromatic N) is 2. The fourth-order valence-electron chi connectivity index (χ4n) is 2.36. The van der Waals surface area contributed by atoms with Crippen LogP contribution in [0.5, 0.6) is 0 Å². The highest BCUT2D eigenvalue weighted by molar-refractivity contribution is 7.80. The van der Waals surface area contributed by atoms with Gasteiger partial charge in [-0.05, 0) is 39.7 Å². The smallest absolute Gasteiger partial charge is 0.407 e. The van der Waals surface area contributed by atoms with E-state index in [0.717, 1.165) is 36.9 Å². The lowest BCUT2D eigenvalue weighted by molar-refractivity contribution is 0.0527. The minimum atomic E-state index is -1.09. The molecule has 1 rings (SSSR count). The minimum Gasteiger partial charge on any atom is -0.444 e. The Labute approximate surface area is 176 Å². The van der Waals surface area contributed by atoms with Crippen molar-refractivity contribution >= 4 is 26.8 Å². The number of carbonyl (C=O) groups is 1. The Morgan fingerprint density at radius 1 is 1.39 bits per heavy atom. The number of aromatic nitrogens is 2. The summed E-state index contributed by atoms with van der Waals surface area (Å²) in [6.07, 6.45) is 4.78. The summed E-state index contributed by atoms with van der Waals surface area (Å²) in [6.45, 7) is 18.5. The molecule has 1 aromatic rings. The molecule has 1 N–H and O–H groups in total. The molecule has 1 heterocycles. The number of imidazole rings is 1. The molecule has 1 aromatic heterocycles. The van der Waals surface area contributed by atoms with Crippen molar-refractivity contribution in [3.8, 4) is 0 Å². The van der Waals surface area contributed by atoms with E-state index in [1.54, 1.807) is 6.20 Å². The molecule has 28 heavy (non-hydrogen) atoms. The van der Waals surface area contributed by atoms with E-state index >= 15 is 0 Å². The van der Waals surface area contributed by atoms with Crippen LogP contribution in [0, 0.1) is 0 Å². The minimum absolute atomic E-state index is 0.169. The summed E-state index contributed by atoms with van der Waals surface area (Å²) in [4.78, 5) is 16.1. The first-order valence-electron chi connectivity index (χ1n) is 9.80. The Balaban J connectivity index is 2.39. The van der Waals surface area contributed by atoms with Crippen molar-refractivity contribution in [3.63, 3.8) is 0 Å². The van der Waals surface area contributed by atoms with Gasteiger partial charge < -0.3 is 19.4 Å². The molecule has 0 aliphatic heterocycles. The van der Waals surface area contributed by atoms with E-state index in [1.807, 2.05) is 31.5 Å². The van der Waals surface area contributed by atoms with Crippen molar-refractivity contribution in [2.45, 2.75) is 76.9 Å². The zero-order valence-corrected chi connectivity index (χ0v) is 20.1. The van der Waals surface area contributed by atoms with Crippen molar-refractivity contribution in [1.82, 2.24) is 14.9 Å². The summed E-state index contributed by atoms with van der Waals surface area (Å²) in [5.74, 6) is 0.835. The Bertz CT molecular complexity index is 635. The van der Waals surface area contributed by atoms with Crippen molar-refractivity contribution in [2.24, 2.45) is 0 Å². The van der Waals surface area contributed by atoms with Crippen LogP contribution in [0.3, 0.4) is 0 Å². The zero-order chi connectivity index (χ0) is 21.4. The molecule has 0 fully saturated rings. The van der Waals surface area contributed by atoms with Gasteiger partial charge in [0.05, 0.1) is 5.25 Å². The molecule has 8 heteroatoms. The molecule has 1 unspecified atom stereocenters. The van der Waals surface area contributed by atoms with Gasteiger partial charge in [0, 0.05) is 33.6 Å². The van der Waals surface area contributed by atoms with E-state index in [4.69, 9.17) is 22.1 Å². The predicted octanol–water partition coefficient (Wildman–Crippen LogP) is 5.03. The summed E-state index contributed by atoms with van der Waals surface area (Å²) >= 11 is 4.70. The number of nitrogens with one attached hydrogen (secondary N) is 1. The second kappa shape index (κ2) is 11.1. The molecule has 1 atom stereocenters. The molecule has 160 valence electrons. The van der Waals surface area contributed by atoms with Crippen LogP contribution in [0.2, 0.25) is 25.7 Å². The first-order chi connectivity index (χ1) is 12.9. The summed E-state index contributed by atoms with van der Waals surface area (Å²) in [7, 11) is -1.09. The Kier molecular flexibility index (Phi) is 9.80. The lowest BCUT2D eigenvalue weighted by Gasteiger charge is -2.20. The van der Waals surface area contributed by atoms with E-state index < -0.39 is 19.8 Å². The monoisotopic (exact) mass is 427 g/mol. The van der Waals surface area contributed by atoms with Gasteiger partial charge in [0.2, 0.25) is 0 Å². The van der Waals surface area contributed by atoms with Gasteiger partial charge in [-0.25, -0.2) is 9.78 Å². The van der Waals surface area contributed by atoms with E-state index in [-0.39, 0.29) is 5.25 Å². The number of carbonyl (C=O) groups excluding carboxylic acids is 1. The van der Waals surface area contributed by atoms with Crippen LogP contribution in [0.25, 0.3) is 0 Å². The molecule has 0 saturated carbocycles. The number of alkyl carbamates (subject to hydrolysis) is 1. The molecule has 1 amide bonds. The molecule has 0 aromatic carbocycles. The van der Waals surface area contributed by atoms with Crippen molar-refractivity contribution in [1.29, 1.82) is 0 Å². The first-order valence-corrected chi connectivity index (χ1v) is 14.0. The van der Waals surface area contributed by atoms with Crippen molar-refractivity contribution < 1.29 is 14.3 Å². The number of amides is 1. The Morgan fingerprint density at radius 2 is 2.07 bits per heavy atom. The van der Waals surface area contributed by atoms with E-state index in [9.17, 15) is 4.79 Å². The molecule has 0 bridgehead atoms. The Hall–Kier alpha value is -1.25. The van der Waals surface area contributed by atoms with Gasteiger partial charge in [-0.2, -0.15) is 12.6 Å². The van der Waals surface area contributed by atoms with Gasteiger partial charge in [-0.3, -0.25) is 0 Å². The van der Waals surface area contributed by atoms with Gasteiger partial charge in [0.25, 0.3) is 0 Å². The van der Waals surface area contributed by atoms with Crippen LogP contribution in [0.1, 0.15) is 44.7 Å². The number of rotatable bonds is 11. The van der Waals surface area contributed by atoms with Crippen LogP contribution < -0.4 is 5.32 Å². The summed E-state index contributed by atoms with van der Waals surface area (Å²) in [5, 5.41) is 2.59. The van der Waals surface area contributed by atoms with E-state index in [1.165, 1.54) is 0 Å². The number of ether oxygens (including phenoxy) is 2. The highest BCUT2D eigenvalue weighted by Gasteiger charge is 2.18. The molecule has 0 saturated heterocycles. The number of hydrogen-bond donors (Lipinski definition) is 2. The standard InChI is InChI=1S/C20H37N3O3SSi/c1-16(9-8-10-22-19(24)26-20(2,3)4)17(27)18-21-11-12-23(18)15-25-13-14-28(5,6)7/h11-12,17,27H,1,8-10,13-15H2,2-7H3,(H,22,24). The molecule has 0 aliphatic rings. The van der Waals surface area contributed by atoms with E-state index in [0.29, 0.717) is 13.3 Å². The van der Waals surface area contributed by atoms with Crippen LogP contribution >= 0.6 is 12.6 Å². The van der Waals surface area contributed by atoms with Gasteiger partial charge >= 0.3 is 6.09 Å². The molecule has 0 spiro atoms. The maximum absolute atomic E-state index is 11.7. The van der Waals surface area contributed by atoms with Crippen molar-refractivity contribution in [2.75, 3.05) is 13.2 Å². The van der Waals surface area contributed by atoms with Crippen LogP contribution in [0.4, 0.5) is 4.79 Å². The first kappa shape index (κ1) is 24.8. The normalized spacial score (nSPS) is 13.2. The topological polar surface area (TPSA) is 65.4 Å². The lowest BCUT2D eigenvalue weighted by Crippen LogP contribution is -2.33. The number of thiol groups is 1. The summed E-state index contributed by atoms with van der Waals surface area (Å²) < 4.78 is 13.0. The van der Waals surface area contributed by atoms with Crippen molar-refractivity contribution in [3.05, 3.63) is 30.4 Å². The summed E-state index contributed by atoms with van der Waals surface area (Å²) in [6, 6.07) is 1.14. The highest BCUT2D eigenvalue weighted by Crippen LogP contribution is 2.28. The molecule has 0 radical (unpaired) electrons. The second-order valence-electron chi connectivity index (χ2n) is 9.20. The maximum Gasteiger partial charge on any atom is 0.407 e. The highest BCUT2D eigenvalue weighted by atomic mass is 32.1. The van der Waals surface area contributed by atoms with Gasteiger partial charge in [-0.15, -0.1) is 0 Å². The van der Waals surface area contributed by atoms with Crippen LogP contribution in [0.15, 0.2) is 24.5 Å². The van der Waals surface area contributed by atoms with Gasteiger partial charge in [0.15, 0.2) is 0 Å². The largest absolute Gasteiger partial charge is 0.444 e. The SMILES string of the molecule is C=C(CCCNC(=O)OC(C)(C)C)C(S)c1nccn1COCC[Si](C)(C)C. The molecule has 0 aliphatic carbocycles. The summed E-state index contributed by atoms with van der Waals surface area (Å²) in [5.41, 5.74) is 0.474. The molecular formula is C20H37N3O3SSi.